The van der Waals surface area contributed by atoms with Crippen molar-refractivity contribution >= 4 is 23.6 Å². The van der Waals surface area contributed by atoms with Gasteiger partial charge in [-0.05, 0) is 66.7 Å². The van der Waals surface area contributed by atoms with Crippen molar-refractivity contribution in [2.75, 3.05) is 19.6 Å². The smallest absolute Gasteiger partial charge is 0.252 e. The van der Waals surface area contributed by atoms with E-state index in [0.29, 0.717) is 43.6 Å². The van der Waals surface area contributed by atoms with Gasteiger partial charge in [-0.15, -0.1) is 0 Å². The molecule has 2 heterocycles. The minimum atomic E-state index is -0.541. The fourth-order valence-electron chi connectivity index (χ4n) is 5.03. The van der Waals surface area contributed by atoms with Gasteiger partial charge in [0.2, 0.25) is 17.7 Å². The van der Waals surface area contributed by atoms with E-state index >= 15 is 0 Å². The zero-order valence-corrected chi connectivity index (χ0v) is 20.9. The molecule has 1 saturated heterocycles. The second kappa shape index (κ2) is 10.7. The van der Waals surface area contributed by atoms with Crippen molar-refractivity contribution in [2.45, 2.75) is 97.7 Å². The summed E-state index contributed by atoms with van der Waals surface area (Å²) in [5, 5.41) is 2.97. The lowest BCUT2D eigenvalue weighted by Crippen LogP contribution is -2.48. The van der Waals surface area contributed by atoms with E-state index in [1.807, 2.05) is 44.4 Å². The average Bonchev–Trinajstić information content (AvgIpc) is 3.44. The van der Waals surface area contributed by atoms with Crippen molar-refractivity contribution in [3.63, 3.8) is 0 Å². The number of likely N-dealkylation sites (tertiary alicyclic amines) is 1. The monoisotopic (exact) mass is 460 g/mol. The number of amides is 4. The van der Waals surface area contributed by atoms with E-state index in [1.165, 1.54) is 0 Å². The SMILES string of the molecule is CC1=C(C(=O)N(C(C)C)C(C)C)CC(CC(=O)NC2CC2)C(=O)N1CCCN1CCCC1=O. The summed E-state index contributed by atoms with van der Waals surface area (Å²) in [7, 11) is 0. The highest BCUT2D eigenvalue weighted by atomic mass is 16.2. The molecular weight excluding hydrogens is 420 g/mol. The van der Waals surface area contributed by atoms with Gasteiger partial charge in [-0.3, -0.25) is 19.2 Å². The Kier molecular flexibility index (Phi) is 8.19. The summed E-state index contributed by atoms with van der Waals surface area (Å²) in [4.78, 5) is 56.8. The van der Waals surface area contributed by atoms with E-state index in [4.69, 9.17) is 0 Å². The number of nitrogens with one attached hydrogen (secondary N) is 1. The van der Waals surface area contributed by atoms with E-state index in [0.717, 1.165) is 25.8 Å². The Labute approximate surface area is 197 Å². The molecule has 33 heavy (non-hydrogen) atoms. The number of carbonyl (C=O) groups is 4. The van der Waals surface area contributed by atoms with Crippen molar-refractivity contribution in [2.24, 2.45) is 5.92 Å². The predicted octanol–water partition coefficient (Wildman–Crippen LogP) is 2.44. The van der Waals surface area contributed by atoms with E-state index in [-0.39, 0.29) is 48.2 Å². The fraction of sp³-hybridized carbons (Fsp3) is 0.760. The van der Waals surface area contributed by atoms with Crippen molar-refractivity contribution in [3.8, 4) is 0 Å². The molecule has 0 spiro atoms. The molecule has 3 aliphatic rings. The molecule has 1 aliphatic carbocycles. The standard InChI is InChI=1S/C25H40N4O4/c1-16(2)29(17(3)4)25(33)21-14-19(15-22(30)26-20-9-10-20)24(32)28(18(21)5)13-7-12-27-11-6-8-23(27)31/h16-17,19-20H,6-15H2,1-5H3,(H,26,30). The Hall–Kier alpha value is -2.38. The summed E-state index contributed by atoms with van der Waals surface area (Å²) in [6.45, 7) is 11.6. The fourth-order valence-corrected chi connectivity index (χ4v) is 5.03. The first-order valence-corrected chi connectivity index (χ1v) is 12.5. The van der Waals surface area contributed by atoms with Gasteiger partial charge in [0, 0.05) is 61.9 Å². The number of hydrogen-bond donors (Lipinski definition) is 1. The summed E-state index contributed by atoms with van der Waals surface area (Å²) >= 11 is 0. The molecule has 1 saturated carbocycles. The van der Waals surface area contributed by atoms with Crippen LogP contribution in [0.2, 0.25) is 0 Å². The third kappa shape index (κ3) is 6.15. The first-order valence-electron chi connectivity index (χ1n) is 12.5. The maximum atomic E-state index is 13.6. The van der Waals surface area contributed by atoms with Crippen LogP contribution in [0.3, 0.4) is 0 Å². The van der Waals surface area contributed by atoms with Crippen molar-refractivity contribution in [1.29, 1.82) is 0 Å². The zero-order chi connectivity index (χ0) is 24.3. The highest BCUT2D eigenvalue weighted by Crippen LogP contribution is 2.32. The highest BCUT2D eigenvalue weighted by molar-refractivity contribution is 5.99. The third-order valence-corrected chi connectivity index (χ3v) is 6.87. The predicted molar refractivity (Wildman–Crippen MR) is 126 cm³/mol. The van der Waals surface area contributed by atoms with Crippen molar-refractivity contribution in [1.82, 2.24) is 20.0 Å². The summed E-state index contributed by atoms with van der Waals surface area (Å²) in [6, 6.07) is 0.296. The molecule has 0 bridgehead atoms. The van der Waals surface area contributed by atoms with Gasteiger partial charge >= 0.3 is 0 Å². The van der Waals surface area contributed by atoms with Crippen LogP contribution in [0.25, 0.3) is 0 Å². The van der Waals surface area contributed by atoms with Crippen molar-refractivity contribution < 1.29 is 19.2 Å². The molecule has 3 rings (SSSR count). The van der Waals surface area contributed by atoms with Crippen LogP contribution < -0.4 is 5.32 Å². The summed E-state index contributed by atoms with van der Waals surface area (Å²) in [5.41, 5.74) is 1.31. The quantitative estimate of drug-likeness (QED) is 0.542. The van der Waals surface area contributed by atoms with Gasteiger partial charge in [0.15, 0.2) is 0 Å². The maximum Gasteiger partial charge on any atom is 0.252 e. The molecule has 2 aliphatic heterocycles. The summed E-state index contributed by atoms with van der Waals surface area (Å²) < 4.78 is 0. The molecule has 1 atom stereocenters. The molecule has 1 N–H and O–H groups in total. The van der Waals surface area contributed by atoms with Crippen LogP contribution in [0.1, 0.15) is 79.6 Å². The molecular formula is C25H40N4O4. The van der Waals surface area contributed by atoms with Crippen LogP contribution in [0.15, 0.2) is 11.3 Å². The van der Waals surface area contributed by atoms with Crippen molar-refractivity contribution in [3.05, 3.63) is 11.3 Å². The largest absolute Gasteiger partial charge is 0.353 e. The molecule has 2 fully saturated rings. The molecule has 0 aromatic rings. The minimum Gasteiger partial charge on any atom is -0.353 e. The molecule has 4 amide bonds. The minimum absolute atomic E-state index is 0.0293. The van der Waals surface area contributed by atoms with Gasteiger partial charge in [-0.1, -0.05) is 0 Å². The van der Waals surface area contributed by atoms with Gasteiger partial charge < -0.3 is 20.0 Å². The molecule has 0 radical (unpaired) electrons. The van der Waals surface area contributed by atoms with Crippen LogP contribution in [0, 0.1) is 5.92 Å². The van der Waals surface area contributed by atoms with Gasteiger partial charge in [-0.2, -0.15) is 0 Å². The Morgan fingerprint density at radius 2 is 1.76 bits per heavy atom. The van der Waals surface area contributed by atoms with Crippen LogP contribution in [-0.2, 0) is 19.2 Å². The molecule has 8 heteroatoms. The molecule has 1 unspecified atom stereocenters. The lowest BCUT2D eigenvalue weighted by molar-refractivity contribution is -0.139. The molecule has 0 aromatic carbocycles. The molecule has 8 nitrogen and oxygen atoms in total. The number of carbonyl (C=O) groups excluding carboxylic acids is 4. The second-order valence-electron chi connectivity index (χ2n) is 10.2. The van der Waals surface area contributed by atoms with Gasteiger partial charge in [-0.25, -0.2) is 0 Å². The molecule has 184 valence electrons. The third-order valence-electron chi connectivity index (χ3n) is 6.87. The lowest BCUT2D eigenvalue weighted by Gasteiger charge is -2.38. The number of nitrogens with zero attached hydrogens (tertiary/aromatic N) is 3. The van der Waals surface area contributed by atoms with Crippen LogP contribution >= 0.6 is 0 Å². The summed E-state index contributed by atoms with van der Waals surface area (Å²) in [5.74, 6) is -0.640. The van der Waals surface area contributed by atoms with Crippen LogP contribution in [-0.4, -0.2) is 76.1 Å². The maximum absolute atomic E-state index is 13.6. The second-order valence-corrected chi connectivity index (χ2v) is 10.2. The lowest BCUT2D eigenvalue weighted by atomic mass is 9.88. The van der Waals surface area contributed by atoms with E-state index in [9.17, 15) is 19.2 Å². The van der Waals surface area contributed by atoms with Crippen LogP contribution in [0.4, 0.5) is 0 Å². The van der Waals surface area contributed by atoms with Gasteiger partial charge in [0.1, 0.15) is 0 Å². The Balaban J connectivity index is 1.79. The number of hydrogen-bond acceptors (Lipinski definition) is 4. The Morgan fingerprint density at radius 1 is 1.09 bits per heavy atom. The van der Waals surface area contributed by atoms with Gasteiger partial charge in [0.05, 0.1) is 5.92 Å². The average molecular weight is 461 g/mol. The van der Waals surface area contributed by atoms with E-state index in [2.05, 4.69) is 5.32 Å². The molecule has 0 aromatic heterocycles. The Morgan fingerprint density at radius 3 is 2.30 bits per heavy atom. The number of rotatable bonds is 10. The summed E-state index contributed by atoms with van der Waals surface area (Å²) in [6.07, 6.45) is 4.51. The number of allylic oxidation sites excluding steroid dienone is 1. The first kappa shape index (κ1) is 25.2. The van der Waals surface area contributed by atoms with E-state index < -0.39 is 5.92 Å². The van der Waals surface area contributed by atoms with E-state index in [1.54, 1.807) is 4.90 Å². The zero-order valence-electron chi connectivity index (χ0n) is 20.9. The normalized spacial score (nSPS) is 21.5. The first-order chi connectivity index (χ1) is 15.6. The van der Waals surface area contributed by atoms with Crippen LogP contribution in [0.5, 0.6) is 0 Å². The Bertz CT molecular complexity index is 807. The van der Waals surface area contributed by atoms with Gasteiger partial charge in [0.25, 0.3) is 5.91 Å². The highest BCUT2D eigenvalue weighted by Gasteiger charge is 2.39. The topological polar surface area (TPSA) is 90.0 Å².